The van der Waals surface area contributed by atoms with E-state index in [1.807, 2.05) is 41.3 Å². The zero-order chi connectivity index (χ0) is 19.3. The minimum Gasteiger partial charge on any atom is -0.497 e. The number of rotatable bonds is 4. The lowest BCUT2D eigenvalue weighted by molar-refractivity contribution is 0.0706. The van der Waals surface area contributed by atoms with Crippen molar-refractivity contribution in [2.45, 2.75) is 18.8 Å². The van der Waals surface area contributed by atoms with Crippen LogP contribution in [0.1, 0.15) is 34.8 Å². The third kappa shape index (κ3) is 3.88. The number of hydrogen-bond acceptors (Lipinski definition) is 4. The van der Waals surface area contributed by atoms with Crippen LogP contribution in [0, 0.1) is 0 Å². The molecule has 28 heavy (non-hydrogen) atoms. The van der Waals surface area contributed by atoms with Gasteiger partial charge in [-0.1, -0.05) is 18.2 Å². The van der Waals surface area contributed by atoms with Gasteiger partial charge in [-0.05, 0) is 49.2 Å². The summed E-state index contributed by atoms with van der Waals surface area (Å²) in [5.74, 6) is 1.12. The molecule has 5 nitrogen and oxygen atoms in total. The zero-order valence-corrected chi connectivity index (χ0v) is 15.9. The van der Waals surface area contributed by atoms with Gasteiger partial charge in [0.1, 0.15) is 5.75 Å². The molecular weight excluding hydrogens is 350 g/mol. The molecule has 0 bridgehead atoms. The maximum Gasteiger partial charge on any atom is 0.253 e. The van der Waals surface area contributed by atoms with Gasteiger partial charge in [0, 0.05) is 48.2 Å². The molecule has 1 aromatic carbocycles. The SMILES string of the molecule is COc1cccc(-c2cccc([C@H]3CCCN(C(=O)c4ccncc4)C3)n2)c1. The highest BCUT2D eigenvalue weighted by Crippen LogP contribution is 2.29. The van der Waals surface area contributed by atoms with Crippen LogP contribution in [0.3, 0.4) is 0 Å². The molecule has 3 heterocycles. The highest BCUT2D eigenvalue weighted by atomic mass is 16.5. The molecule has 1 aliphatic heterocycles. The normalized spacial score (nSPS) is 16.6. The first kappa shape index (κ1) is 18.2. The second-order valence-corrected chi connectivity index (χ2v) is 7.01. The predicted octanol–water partition coefficient (Wildman–Crippen LogP) is 4.17. The number of benzene rings is 1. The molecule has 4 rings (SSSR count). The highest BCUT2D eigenvalue weighted by molar-refractivity contribution is 5.94. The van der Waals surface area contributed by atoms with Crippen LogP contribution in [0.5, 0.6) is 5.75 Å². The van der Waals surface area contributed by atoms with E-state index in [4.69, 9.17) is 9.72 Å². The van der Waals surface area contributed by atoms with E-state index >= 15 is 0 Å². The van der Waals surface area contributed by atoms with E-state index in [9.17, 15) is 4.79 Å². The van der Waals surface area contributed by atoms with Gasteiger partial charge in [-0.3, -0.25) is 14.8 Å². The van der Waals surface area contributed by atoms with Crippen LogP contribution in [0.15, 0.2) is 67.0 Å². The zero-order valence-electron chi connectivity index (χ0n) is 15.9. The number of methoxy groups -OCH3 is 1. The Kier molecular flexibility index (Phi) is 5.33. The molecule has 1 aliphatic rings. The molecule has 3 aromatic rings. The smallest absolute Gasteiger partial charge is 0.253 e. The topological polar surface area (TPSA) is 55.3 Å². The molecule has 142 valence electrons. The van der Waals surface area contributed by atoms with Gasteiger partial charge in [-0.15, -0.1) is 0 Å². The van der Waals surface area contributed by atoms with Crippen molar-refractivity contribution in [2.75, 3.05) is 20.2 Å². The van der Waals surface area contributed by atoms with Crippen molar-refractivity contribution in [3.8, 4) is 17.0 Å². The number of carbonyl (C=O) groups is 1. The van der Waals surface area contributed by atoms with Crippen LogP contribution in [0.2, 0.25) is 0 Å². The summed E-state index contributed by atoms with van der Waals surface area (Å²) in [5, 5.41) is 0. The van der Waals surface area contributed by atoms with Crippen molar-refractivity contribution in [3.05, 3.63) is 78.2 Å². The Balaban J connectivity index is 1.55. The van der Waals surface area contributed by atoms with E-state index in [1.54, 1.807) is 31.6 Å². The van der Waals surface area contributed by atoms with Crippen LogP contribution >= 0.6 is 0 Å². The fourth-order valence-corrected chi connectivity index (χ4v) is 3.70. The monoisotopic (exact) mass is 373 g/mol. The first-order valence-corrected chi connectivity index (χ1v) is 9.55. The van der Waals surface area contributed by atoms with E-state index in [0.29, 0.717) is 12.1 Å². The molecule has 0 aliphatic carbocycles. The largest absolute Gasteiger partial charge is 0.497 e. The summed E-state index contributed by atoms with van der Waals surface area (Å²) < 4.78 is 5.33. The maximum atomic E-state index is 12.8. The van der Waals surface area contributed by atoms with Crippen molar-refractivity contribution < 1.29 is 9.53 Å². The lowest BCUT2D eigenvalue weighted by atomic mass is 9.93. The van der Waals surface area contributed by atoms with E-state index in [1.165, 1.54) is 0 Å². The summed E-state index contributed by atoms with van der Waals surface area (Å²) in [6, 6.07) is 17.6. The fourth-order valence-electron chi connectivity index (χ4n) is 3.70. The highest BCUT2D eigenvalue weighted by Gasteiger charge is 2.26. The second-order valence-electron chi connectivity index (χ2n) is 7.01. The van der Waals surface area contributed by atoms with E-state index < -0.39 is 0 Å². The molecule has 0 spiro atoms. The van der Waals surface area contributed by atoms with Crippen molar-refractivity contribution in [1.29, 1.82) is 0 Å². The van der Waals surface area contributed by atoms with Crippen molar-refractivity contribution in [2.24, 2.45) is 0 Å². The molecule has 0 N–H and O–H groups in total. The molecular formula is C23H23N3O2. The number of nitrogens with zero attached hydrogens (tertiary/aromatic N) is 3. The number of pyridine rings is 2. The second kappa shape index (κ2) is 8.21. The predicted molar refractivity (Wildman–Crippen MR) is 108 cm³/mol. The van der Waals surface area contributed by atoms with Crippen LogP contribution in [-0.2, 0) is 0 Å². The first-order valence-electron chi connectivity index (χ1n) is 9.55. The van der Waals surface area contributed by atoms with E-state index in [2.05, 4.69) is 11.1 Å². The summed E-state index contributed by atoms with van der Waals surface area (Å²) in [6.07, 6.45) is 5.34. The van der Waals surface area contributed by atoms with Crippen molar-refractivity contribution >= 4 is 5.91 Å². The van der Waals surface area contributed by atoms with Crippen LogP contribution in [0.4, 0.5) is 0 Å². The average molecular weight is 373 g/mol. The Morgan fingerprint density at radius 3 is 2.75 bits per heavy atom. The standard InChI is InChI=1S/C23H23N3O2/c1-28-20-7-2-5-18(15-20)21-8-3-9-22(25-21)19-6-4-14-26(16-19)23(27)17-10-12-24-13-11-17/h2-3,5,7-13,15,19H,4,6,14,16H2,1H3/t19-/m0/s1. The van der Waals surface area contributed by atoms with Crippen LogP contribution < -0.4 is 4.74 Å². The molecule has 0 radical (unpaired) electrons. The Morgan fingerprint density at radius 2 is 1.93 bits per heavy atom. The summed E-state index contributed by atoms with van der Waals surface area (Å²) in [5.41, 5.74) is 3.68. The van der Waals surface area contributed by atoms with Crippen LogP contribution in [0.25, 0.3) is 11.3 Å². The molecule has 0 saturated carbocycles. The Morgan fingerprint density at radius 1 is 1.11 bits per heavy atom. The summed E-state index contributed by atoms with van der Waals surface area (Å²) in [7, 11) is 1.67. The van der Waals surface area contributed by atoms with Gasteiger partial charge in [0.15, 0.2) is 0 Å². The van der Waals surface area contributed by atoms with Gasteiger partial charge >= 0.3 is 0 Å². The third-order valence-electron chi connectivity index (χ3n) is 5.19. The molecule has 2 aromatic heterocycles. The van der Waals surface area contributed by atoms with Gasteiger partial charge in [0.25, 0.3) is 5.91 Å². The van der Waals surface area contributed by atoms with Gasteiger partial charge in [-0.2, -0.15) is 0 Å². The number of likely N-dealkylation sites (tertiary alicyclic amines) is 1. The van der Waals surface area contributed by atoms with Gasteiger partial charge in [-0.25, -0.2) is 0 Å². The number of amides is 1. The Bertz CT molecular complexity index is 959. The number of piperidine rings is 1. The lowest BCUT2D eigenvalue weighted by Gasteiger charge is -2.32. The minimum atomic E-state index is 0.0658. The summed E-state index contributed by atoms with van der Waals surface area (Å²) >= 11 is 0. The van der Waals surface area contributed by atoms with Gasteiger partial charge < -0.3 is 9.64 Å². The Labute approximate surface area is 165 Å². The fraction of sp³-hybridized carbons (Fsp3) is 0.261. The van der Waals surface area contributed by atoms with Crippen LogP contribution in [-0.4, -0.2) is 41.0 Å². The van der Waals surface area contributed by atoms with Crippen molar-refractivity contribution in [1.82, 2.24) is 14.9 Å². The Hall–Kier alpha value is -3.21. The molecule has 1 atom stereocenters. The maximum absolute atomic E-state index is 12.8. The quantitative estimate of drug-likeness (QED) is 0.689. The van der Waals surface area contributed by atoms with Gasteiger partial charge in [0.05, 0.1) is 12.8 Å². The lowest BCUT2D eigenvalue weighted by Crippen LogP contribution is -2.39. The summed E-state index contributed by atoms with van der Waals surface area (Å²) in [4.78, 5) is 23.6. The number of hydrogen-bond donors (Lipinski definition) is 0. The number of ether oxygens (including phenoxy) is 1. The van der Waals surface area contributed by atoms with E-state index in [-0.39, 0.29) is 11.8 Å². The van der Waals surface area contributed by atoms with Crippen molar-refractivity contribution in [3.63, 3.8) is 0 Å². The molecule has 0 unspecified atom stereocenters. The average Bonchev–Trinajstić information content (AvgIpc) is 2.79. The molecule has 1 amide bonds. The third-order valence-corrected chi connectivity index (χ3v) is 5.19. The number of aromatic nitrogens is 2. The first-order chi connectivity index (χ1) is 13.7. The molecule has 1 saturated heterocycles. The van der Waals surface area contributed by atoms with E-state index in [0.717, 1.165) is 42.1 Å². The molecule has 5 heteroatoms. The minimum absolute atomic E-state index is 0.0658. The summed E-state index contributed by atoms with van der Waals surface area (Å²) in [6.45, 7) is 1.48. The number of carbonyl (C=O) groups excluding carboxylic acids is 1. The molecule has 1 fully saturated rings. The van der Waals surface area contributed by atoms with Gasteiger partial charge in [0.2, 0.25) is 0 Å².